The van der Waals surface area contributed by atoms with Gasteiger partial charge in [-0.25, -0.2) is 4.68 Å². The number of hydrogen-bond acceptors (Lipinski definition) is 3. The van der Waals surface area contributed by atoms with Crippen molar-refractivity contribution in [3.8, 4) is 0 Å². The van der Waals surface area contributed by atoms with Crippen LogP contribution < -0.4 is 5.73 Å². The van der Waals surface area contributed by atoms with Crippen LogP contribution in [0, 0.1) is 3.57 Å². The number of nitrogens with zero attached hydrogens (tertiary/aromatic N) is 2. The van der Waals surface area contributed by atoms with Crippen molar-refractivity contribution in [2.45, 2.75) is 25.3 Å². The van der Waals surface area contributed by atoms with Crippen LogP contribution in [0.4, 0.5) is 5.82 Å². The average molecular weight is 307 g/mol. The molecule has 1 saturated heterocycles. The van der Waals surface area contributed by atoms with Crippen LogP contribution in [0.3, 0.4) is 0 Å². The first-order valence-corrected chi connectivity index (χ1v) is 5.93. The van der Waals surface area contributed by atoms with Crippen LogP contribution in [0.15, 0.2) is 6.20 Å². The Bertz CT molecular complexity index is 305. The standard InChI is InChI=1S/C9H14IN3O/c10-8-6-12-13(9(8)11)7-2-1-4-14-5-3-7/h6-7H,1-5,11H2. The third-order valence-corrected chi connectivity index (χ3v) is 3.39. The number of nitrogen functional groups attached to an aromatic ring is 1. The van der Waals surface area contributed by atoms with Crippen LogP contribution in [0.2, 0.25) is 0 Å². The van der Waals surface area contributed by atoms with E-state index in [1.54, 1.807) is 0 Å². The van der Waals surface area contributed by atoms with Crippen molar-refractivity contribution in [1.82, 2.24) is 9.78 Å². The summed E-state index contributed by atoms with van der Waals surface area (Å²) in [5.41, 5.74) is 5.94. The lowest BCUT2D eigenvalue weighted by Gasteiger charge is -2.15. The molecule has 1 aromatic rings. The molecule has 78 valence electrons. The van der Waals surface area contributed by atoms with Gasteiger partial charge in [0.15, 0.2) is 0 Å². The van der Waals surface area contributed by atoms with Gasteiger partial charge in [0, 0.05) is 13.2 Å². The second-order valence-corrected chi connectivity index (χ2v) is 4.68. The second-order valence-electron chi connectivity index (χ2n) is 3.52. The van der Waals surface area contributed by atoms with Gasteiger partial charge in [-0.15, -0.1) is 0 Å². The molecule has 1 aliphatic heterocycles. The fourth-order valence-electron chi connectivity index (χ4n) is 1.77. The van der Waals surface area contributed by atoms with Crippen LogP contribution in [-0.4, -0.2) is 23.0 Å². The molecule has 1 aliphatic rings. The monoisotopic (exact) mass is 307 g/mol. The van der Waals surface area contributed by atoms with Crippen molar-refractivity contribution in [3.63, 3.8) is 0 Å². The molecule has 14 heavy (non-hydrogen) atoms. The van der Waals surface area contributed by atoms with Gasteiger partial charge in [0.05, 0.1) is 15.8 Å². The molecule has 1 aromatic heterocycles. The minimum absolute atomic E-state index is 0.418. The predicted octanol–water partition coefficient (Wildman–Crippen LogP) is 1.81. The van der Waals surface area contributed by atoms with Gasteiger partial charge >= 0.3 is 0 Å². The van der Waals surface area contributed by atoms with E-state index < -0.39 is 0 Å². The van der Waals surface area contributed by atoms with E-state index in [1.165, 1.54) is 0 Å². The van der Waals surface area contributed by atoms with Gasteiger partial charge in [0.1, 0.15) is 5.82 Å². The summed E-state index contributed by atoms with van der Waals surface area (Å²) >= 11 is 2.21. The zero-order valence-electron chi connectivity index (χ0n) is 7.95. The Morgan fingerprint density at radius 2 is 2.36 bits per heavy atom. The summed E-state index contributed by atoms with van der Waals surface area (Å²) in [6.07, 6.45) is 5.05. The highest BCUT2D eigenvalue weighted by Gasteiger charge is 2.17. The molecule has 5 heteroatoms. The van der Waals surface area contributed by atoms with E-state index >= 15 is 0 Å². The zero-order chi connectivity index (χ0) is 9.97. The van der Waals surface area contributed by atoms with Crippen molar-refractivity contribution >= 4 is 28.4 Å². The molecule has 0 aliphatic carbocycles. The quantitative estimate of drug-likeness (QED) is 0.805. The van der Waals surface area contributed by atoms with Crippen molar-refractivity contribution in [2.24, 2.45) is 0 Å². The first-order chi connectivity index (χ1) is 6.79. The molecule has 1 fully saturated rings. The summed E-state index contributed by atoms with van der Waals surface area (Å²) in [6, 6.07) is 0.418. The van der Waals surface area contributed by atoms with Crippen molar-refractivity contribution in [1.29, 1.82) is 0 Å². The van der Waals surface area contributed by atoms with E-state index in [0.29, 0.717) is 6.04 Å². The normalized spacial score (nSPS) is 23.4. The molecule has 1 unspecified atom stereocenters. The van der Waals surface area contributed by atoms with E-state index in [0.717, 1.165) is 41.9 Å². The van der Waals surface area contributed by atoms with Gasteiger partial charge in [-0.3, -0.25) is 0 Å². The Balaban J connectivity index is 2.16. The van der Waals surface area contributed by atoms with E-state index in [9.17, 15) is 0 Å². The SMILES string of the molecule is Nc1c(I)cnn1C1CCCOCC1. The molecule has 0 spiro atoms. The van der Waals surface area contributed by atoms with Crippen LogP contribution in [0.25, 0.3) is 0 Å². The Kier molecular flexibility index (Phi) is 3.27. The number of hydrogen-bond donors (Lipinski definition) is 1. The minimum atomic E-state index is 0.418. The third kappa shape index (κ3) is 2.03. The molecule has 2 heterocycles. The summed E-state index contributed by atoms with van der Waals surface area (Å²) in [5.74, 6) is 0.789. The first-order valence-electron chi connectivity index (χ1n) is 4.85. The maximum absolute atomic E-state index is 5.94. The number of aromatic nitrogens is 2. The summed E-state index contributed by atoms with van der Waals surface area (Å²) in [6.45, 7) is 1.69. The predicted molar refractivity (Wildman–Crippen MR) is 63.1 cm³/mol. The third-order valence-electron chi connectivity index (χ3n) is 2.55. The molecule has 0 saturated carbocycles. The van der Waals surface area contributed by atoms with Crippen LogP contribution in [0.1, 0.15) is 25.3 Å². The Labute approximate surface area is 96.9 Å². The van der Waals surface area contributed by atoms with E-state index in [-0.39, 0.29) is 0 Å². The average Bonchev–Trinajstić information content (AvgIpc) is 2.47. The number of rotatable bonds is 1. The minimum Gasteiger partial charge on any atom is -0.383 e. The maximum atomic E-state index is 5.94. The van der Waals surface area contributed by atoms with Crippen LogP contribution in [0.5, 0.6) is 0 Å². The molecule has 0 radical (unpaired) electrons. The summed E-state index contributed by atoms with van der Waals surface area (Å²) in [5, 5.41) is 4.31. The molecular formula is C9H14IN3O. The van der Waals surface area contributed by atoms with Crippen molar-refractivity contribution in [2.75, 3.05) is 18.9 Å². The van der Waals surface area contributed by atoms with E-state index in [2.05, 4.69) is 27.7 Å². The molecule has 2 N–H and O–H groups in total. The molecule has 2 rings (SSSR count). The largest absolute Gasteiger partial charge is 0.383 e. The summed E-state index contributed by atoms with van der Waals surface area (Å²) < 4.78 is 8.38. The van der Waals surface area contributed by atoms with Crippen molar-refractivity contribution < 1.29 is 4.74 Å². The highest BCUT2D eigenvalue weighted by atomic mass is 127. The lowest BCUT2D eigenvalue weighted by molar-refractivity contribution is 0.141. The van der Waals surface area contributed by atoms with Crippen LogP contribution in [-0.2, 0) is 4.74 Å². The molecule has 0 aromatic carbocycles. The van der Waals surface area contributed by atoms with Gasteiger partial charge in [-0.1, -0.05) is 0 Å². The lowest BCUT2D eigenvalue weighted by Crippen LogP contribution is -2.13. The topological polar surface area (TPSA) is 53.1 Å². The Morgan fingerprint density at radius 1 is 1.50 bits per heavy atom. The highest BCUT2D eigenvalue weighted by molar-refractivity contribution is 14.1. The second kappa shape index (κ2) is 4.48. The fourth-order valence-corrected chi connectivity index (χ4v) is 2.14. The Hall–Kier alpha value is -0.300. The lowest BCUT2D eigenvalue weighted by atomic mass is 10.1. The van der Waals surface area contributed by atoms with E-state index in [4.69, 9.17) is 10.5 Å². The molecule has 0 bridgehead atoms. The smallest absolute Gasteiger partial charge is 0.135 e. The molecular weight excluding hydrogens is 293 g/mol. The van der Waals surface area contributed by atoms with Gasteiger partial charge in [-0.2, -0.15) is 5.10 Å². The van der Waals surface area contributed by atoms with Gasteiger partial charge in [0.25, 0.3) is 0 Å². The Morgan fingerprint density at radius 3 is 3.07 bits per heavy atom. The van der Waals surface area contributed by atoms with Crippen molar-refractivity contribution in [3.05, 3.63) is 9.77 Å². The zero-order valence-corrected chi connectivity index (χ0v) is 10.1. The summed E-state index contributed by atoms with van der Waals surface area (Å²) in [4.78, 5) is 0. The maximum Gasteiger partial charge on any atom is 0.135 e. The fraction of sp³-hybridized carbons (Fsp3) is 0.667. The van der Waals surface area contributed by atoms with E-state index in [1.807, 2.05) is 10.9 Å². The first kappa shape index (κ1) is 10.2. The number of ether oxygens (including phenoxy) is 1. The molecule has 4 nitrogen and oxygen atoms in total. The number of anilines is 1. The van der Waals surface area contributed by atoms with Crippen LogP contribution >= 0.6 is 22.6 Å². The summed E-state index contributed by atoms with van der Waals surface area (Å²) in [7, 11) is 0. The van der Waals surface area contributed by atoms with Gasteiger partial charge in [0.2, 0.25) is 0 Å². The molecule has 1 atom stereocenters. The van der Waals surface area contributed by atoms with Gasteiger partial charge < -0.3 is 10.5 Å². The number of nitrogens with two attached hydrogens (primary N) is 1. The number of halogens is 1. The molecule has 0 amide bonds. The highest BCUT2D eigenvalue weighted by Crippen LogP contribution is 2.25. The van der Waals surface area contributed by atoms with Gasteiger partial charge in [-0.05, 0) is 41.9 Å².